The van der Waals surface area contributed by atoms with E-state index in [0.29, 0.717) is 6.61 Å². The van der Waals surface area contributed by atoms with Crippen LogP contribution in [0.25, 0.3) is 0 Å². The van der Waals surface area contributed by atoms with E-state index in [1.807, 2.05) is 0 Å². The predicted molar refractivity (Wildman–Crippen MR) is 36.6 cm³/mol. The summed E-state index contributed by atoms with van der Waals surface area (Å²) < 4.78 is 9.03. The minimum atomic E-state index is -4.07. The van der Waals surface area contributed by atoms with Gasteiger partial charge in [0.15, 0.2) is 0 Å². The van der Waals surface area contributed by atoms with Crippen molar-refractivity contribution in [2.24, 2.45) is 0 Å². The van der Waals surface area contributed by atoms with Crippen LogP contribution in [0.15, 0.2) is 0 Å². The summed E-state index contributed by atoms with van der Waals surface area (Å²) in [5, 5.41) is 0. The van der Waals surface area contributed by atoms with Gasteiger partial charge in [-0.15, -0.1) is 4.18 Å². The highest BCUT2D eigenvalue weighted by molar-refractivity contribution is 8.13. The van der Waals surface area contributed by atoms with Crippen LogP contribution in [0.5, 0.6) is 0 Å². The summed E-state index contributed by atoms with van der Waals surface area (Å²) in [4.78, 5) is 26.5. The Balaban J connectivity index is 3.35. The highest BCUT2D eigenvalue weighted by Crippen LogP contribution is 2.24. The number of rotatable bonds is 4. The van der Waals surface area contributed by atoms with Crippen LogP contribution >= 0.6 is 6.72 Å². The molecule has 0 heterocycles. The summed E-state index contributed by atoms with van der Waals surface area (Å²) in [6, 6.07) is 0. The van der Waals surface area contributed by atoms with Gasteiger partial charge in [-0.2, -0.15) is 0 Å². The fourth-order valence-corrected chi connectivity index (χ4v) is 1.14. The van der Waals surface area contributed by atoms with Crippen LogP contribution < -0.4 is 4.89 Å². The Labute approximate surface area is 62.6 Å². The van der Waals surface area contributed by atoms with E-state index in [1.54, 1.807) is 0 Å². The molecule has 0 aliphatic rings. The van der Waals surface area contributed by atoms with Crippen molar-refractivity contribution in [1.82, 2.24) is 0 Å². The van der Waals surface area contributed by atoms with E-state index in [0.717, 1.165) is 0 Å². The molecule has 0 aromatic heterocycles. The highest BCUT2D eigenvalue weighted by atomic mass is 32.5. The molecule has 0 radical (unpaired) electrons. The lowest BCUT2D eigenvalue weighted by molar-refractivity contribution is -0.196. The quantitative estimate of drug-likeness (QED) is 0.247. The van der Waals surface area contributed by atoms with Crippen LogP contribution in [0.3, 0.4) is 0 Å². The first kappa shape index (κ1) is 10.4. The zero-order valence-electron chi connectivity index (χ0n) is 5.39. The van der Waals surface area contributed by atoms with Crippen molar-refractivity contribution in [3.05, 3.63) is 0 Å². The van der Waals surface area contributed by atoms with E-state index >= 15 is 0 Å². The second kappa shape index (κ2) is 5.15. The third-order valence-corrected chi connectivity index (χ3v) is 1.89. The van der Waals surface area contributed by atoms with Gasteiger partial charge in [-0.25, -0.2) is 0 Å². The van der Waals surface area contributed by atoms with E-state index < -0.39 is 6.72 Å². The number of hydrogen-bond donors (Lipinski definition) is 2. The molecular formula is C3H9O5PS. The zero-order valence-corrected chi connectivity index (χ0v) is 7.10. The fourth-order valence-electron chi connectivity index (χ4n) is 0.223. The average molecular weight is 188 g/mol. The van der Waals surface area contributed by atoms with Crippen LogP contribution in [0.1, 0.15) is 0 Å². The topological polar surface area (TPSA) is 82.0 Å². The van der Waals surface area contributed by atoms with Gasteiger partial charge in [-0.3, -0.25) is 0 Å². The van der Waals surface area contributed by atoms with Crippen molar-refractivity contribution in [3.63, 3.8) is 0 Å². The Hall–Kier alpha value is 0.450. The van der Waals surface area contributed by atoms with Crippen LogP contribution in [0, 0.1) is 0 Å². The molecule has 0 spiro atoms. The maximum Gasteiger partial charge on any atom is 0.400 e. The molecule has 0 atom stereocenters. The molecule has 0 unspecified atom stereocenters. The Morgan fingerprint density at radius 2 is 2.10 bits per heavy atom. The van der Waals surface area contributed by atoms with E-state index in [-0.39, 0.29) is 17.8 Å². The normalized spacial score (nSPS) is 11.6. The molecule has 0 bridgehead atoms. The summed E-state index contributed by atoms with van der Waals surface area (Å²) in [5.74, 6) is 0. The molecule has 62 valence electrons. The van der Waals surface area contributed by atoms with Gasteiger partial charge in [0.1, 0.15) is 6.61 Å². The molecular weight excluding hydrogens is 179 g/mol. The molecule has 0 saturated carbocycles. The van der Waals surface area contributed by atoms with Crippen LogP contribution in [-0.2, 0) is 20.1 Å². The minimum Gasteiger partial charge on any atom is -0.739 e. The summed E-state index contributed by atoms with van der Waals surface area (Å²) in [5.41, 5.74) is 0. The van der Waals surface area contributed by atoms with Gasteiger partial charge >= 0.3 is 17.9 Å². The van der Waals surface area contributed by atoms with E-state index in [9.17, 15) is 4.89 Å². The first-order valence-electron chi connectivity index (χ1n) is 2.42. The highest BCUT2D eigenvalue weighted by Gasteiger charge is 2.08. The Morgan fingerprint density at radius 3 is 2.50 bits per heavy atom. The van der Waals surface area contributed by atoms with Crippen LogP contribution in [-0.4, -0.2) is 30.1 Å². The molecule has 0 aromatic rings. The van der Waals surface area contributed by atoms with Gasteiger partial charge < -0.3 is 19.4 Å². The predicted octanol–water partition coefficient (Wildman–Crippen LogP) is -1.33. The molecule has 0 saturated heterocycles. The van der Waals surface area contributed by atoms with E-state index in [4.69, 9.17) is 9.79 Å². The summed E-state index contributed by atoms with van der Waals surface area (Å²) in [6.45, 7) is -3.57. The van der Waals surface area contributed by atoms with Gasteiger partial charge in [-0.05, 0) is 0 Å². The first-order valence-corrected chi connectivity index (χ1v) is 5.38. The molecule has 0 aliphatic heterocycles. The molecule has 0 amide bonds. The summed E-state index contributed by atoms with van der Waals surface area (Å²) in [7, 11) is 1.48. The van der Waals surface area contributed by atoms with Crippen molar-refractivity contribution >= 4 is 17.9 Å². The Bertz CT molecular complexity index is 123. The van der Waals surface area contributed by atoms with Crippen LogP contribution in [0.4, 0.5) is 0 Å². The van der Waals surface area contributed by atoms with Crippen LogP contribution in [0.2, 0.25) is 0 Å². The standard InChI is InChI=1S/C3H9O5PS/c1-7-2-3-8-10-9(4,5)6/h2-3H2,1H3,(H2-,4,5,6). The van der Waals surface area contributed by atoms with Crippen molar-refractivity contribution in [2.75, 3.05) is 20.3 Å². The van der Waals surface area contributed by atoms with Gasteiger partial charge in [0, 0.05) is 7.11 Å². The molecule has 0 aromatic carbocycles. The van der Waals surface area contributed by atoms with Crippen molar-refractivity contribution in [2.45, 2.75) is 0 Å². The maximum absolute atomic E-state index is 10.1. The third kappa shape index (κ3) is 8.45. The molecule has 7 heteroatoms. The Kier molecular flexibility index (Phi) is 5.38. The molecule has 0 fully saturated rings. The summed E-state index contributed by atoms with van der Waals surface area (Å²) >= 11 is 0.160. The first-order chi connectivity index (χ1) is 4.56. The minimum absolute atomic E-state index is 0.160. The molecule has 2 N–H and O–H groups in total. The lowest BCUT2D eigenvalue weighted by Crippen LogP contribution is -2.03. The number of methoxy groups -OCH3 is 1. The summed E-state index contributed by atoms with van der Waals surface area (Å²) in [6.07, 6.45) is 0. The lowest BCUT2D eigenvalue weighted by atomic mass is 10.8. The van der Waals surface area contributed by atoms with Gasteiger partial charge in [0.05, 0.1) is 6.61 Å². The van der Waals surface area contributed by atoms with E-state index in [2.05, 4.69) is 8.92 Å². The van der Waals surface area contributed by atoms with Gasteiger partial charge in [0.25, 0.3) is 0 Å². The number of hydrogen-bond acceptors (Lipinski definition) is 3. The fraction of sp³-hybridized carbons (Fsp3) is 1.00. The average Bonchev–Trinajstić information content (AvgIpc) is 1.78. The van der Waals surface area contributed by atoms with Crippen molar-refractivity contribution in [3.8, 4) is 0 Å². The Morgan fingerprint density at radius 1 is 1.50 bits per heavy atom. The number of ether oxygens (including phenoxy) is 1. The second-order valence-corrected chi connectivity index (χ2v) is 4.62. The van der Waals surface area contributed by atoms with Crippen molar-refractivity contribution < 1.29 is 23.6 Å². The monoisotopic (exact) mass is 188 g/mol. The lowest BCUT2D eigenvalue weighted by Gasteiger charge is -1.98. The third-order valence-electron chi connectivity index (χ3n) is 0.521. The SMILES string of the molecule is COCCO[S+]=P([O-])(O)O. The molecule has 0 aliphatic carbocycles. The second-order valence-electron chi connectivity index (χ2n) is 1.38. The molecule has 0 rings (SSSR count). The smallest absolute Gasteiger partial charge is 0.400 e. The maximum atomic E-state index is 10.1. The van der Waals surface area contributed by atoms with Gasteiger partial charge in [0.2, 0.25) is 0 Å². The van der Waals surface area contributed by atoms with Crippen molar-refractivity contribution in [1.29, 1.82) is 0 Å². The van der Waals surface area contributed by atoms with Gasteiger partial charge in [-0.1, -0.05) is 0 Å². The molecule has 10 heavy (non-hydrogen) atoms. The molecule has 5 nitrogen and oxygen atoms in total. The van der Waals surface area contributed by atoms with E-state index in [1.165, 1.54) is 7.11 Å². The zero-order chi connectivity index (χ0) is 8.04. The largest absolute Gasteiger partial charge is 0.739 e.